The third kappa shape index (κ3) is 6.82. The molecule has 23 heavy (non-hydrogen) atoms. The monoisotopic (exact) mass is 324 g/mol. The lowest BCUT2D eigenvalue weighted by atomic mass is 9.87. The number of ether oxygens (including phenoxy) is 2. The van der Waals surface area contributed by atoms with Crippen LogP contribution in [0, 0.1) is 5.92 Å². The first-order chi connectivity index (χ1) is 11.3. The van der Waals surface area contributed by atoms with Crippen LogP contribution in [0.5, 0.6) is 0 Å². The minimum atomic E-state index is -0.566. The van der Waals surface area contributed by atoms with Crippen LogP contribution >= 0.6 is 0 Å². The summed E-state index contributed by atoms with van der Waals surface area (Å²) in [6, 6.07) is 0. The fraction of sp³-hybridized carbons (Fsp3) is 0.950. The second-order valence-corrected chi connectivity index (χ2v) is 7.58. The highest BCUT2D eigenvalue weighted by molar-refractivity contribution is 5.82. The van der Waals surface area contributed by atoms with Gasteiger partial charge in [-0.15, -0.1) is 0 Å². The van der Waals surface area contributed by atoms with Crippen LogP contribution in [0.15, 0.2) is 0 Å². The summed E-state index contributed by atoms with van der Waals surface area (Å²) in [5.74, 6) is 0.747. The molecule has 3 heteroatoms. The van der Waals surface area contributed by atoms with Crippen molar-refractivity contribution in [3.8, 4) is 0 Å². The van der Waals surface area contributed by atoms with Crippen molar-refractivity contribution in [1.29, 1.82) is 0 Å². The van der Waals surface area contributed by atoms with Crippen molar-refractivity contribution in [2.24, 2.45) is 5.92 Å². The highest BCUT2D eigenvalue weighted by Gasteiger charge is 2.53. The summed E-state index contributed by atoms with van der Waals surface area (Å²) < 4.78 is 10.8. The summed E-state index contributed by atoms with van der Waals surface area (Å²) in [4.78, 5) is 12.1. The van der Waals surface area contributed by atoms with E-state index < -0.39 is 5.60 Å². The molecule has 1 saturated heterocycles. The lowest BCUT2D eigenvalue weighted by molar-refractivity contribution is -0.150. The van der Waals surface area contributed by atoms with Crippen LogP contribution < -0.4 is 0 Å². The molecule has 134 valence electrons. The van der Waals surface area contributed by atoms with E-state index >= 15 is 0 Å². The Balaban J connectivity index is 1.65. The normalized spacial score (nSPS) is 26.7. The van der Waals surface area contributed by atoms with E-state index in [1.165, 1.54) is 64.2 Å². The molecule has 0 N–H and O–H groups in total. The van der Waals surface area contributed by atoms with Crippen molar-refractivity contribution in [3.63, 3.8) is 0 Å². The van der Waals surface area contributed by atoms with Gasteiger partial charge in [0, 0.05) is 0 Å². The number of unbranched alkanes of at least 4 members (excludes halogenated alkanes) is 1. The second-order valence-electron chi connectivity index (χ2n) is 7.58. The van der Waals surface area contributed by atoms with Gasteiger partial charge in [0.2, 0.25) is 0 Å². The van der Waals surface area contributed by atoms with Crippen LogP contribution in [-0.4, -0.2) is 24.8 Å². The Labute approximate surface area is 142 Å². The maximum Gasteiger partial charge on any atom is 0.340 e. The van der Waals surface area contributed by atoms with Gasteiger partial charge in [-0.1, -0.05) is 77.6 Å². The highest BCUT2D eigenvalue weighted by Crippen LogP contribution is 2.36. The Hall–Kier alpha value is -0.570. The van der Waals surface area contributed by atoms with Gasteiger partial charge in [-0.25, -0.2) is 4.79 Å². The number of hydrogen-bond donors (Lipinski definition) is 0. The van der Waals surface area contributed by atoms with Crippen molar-refractivity contribution in [3.05, 3.63) is 0 Å². The zero-order valence-electron chi connectivity index (χ0n) is 15.1. The molecule has 2 rings (SSSR count). The van der Waals surface area contributed by atoms with Crippen LogP contribution in [-0.2, 0) is 14.3 Å². The minimum Gasteiger partial charge on any atom is -0.463 e. The number of carbonyl (C=O) groups excluding carboxylic acids is 1. The molecule has 0 spiro atoms. The molecule has 2 fully saturated rings. The molecule has 3 nitrogen and oxygen atoms in total. The van der Waals surface area contributed by atoms with Crippen molar-refractivity contribution < 1.29 is 14.3 Å². The largest absolute Gasteiger partial charge is 0.463 e. The lowest BCUT2D eigenvalue weighted by Crippen LogP contribution is -2.27. The molecule has 1 aliphatic heterocycles. The van der Waals surface area contributed by atoms with E-state index in [-0.39, 0.29) is 5.97 Å². The summed E-state index contributed by atoms with van der Waals surface area (Å²) in [7, 11) is 0. The zero-order valence-corrected chi connectivity index (χ0v) is 15.1. The van der Waals surface area contributed by atoms with Gasteiger partial charge in [-0.05, 0) is 25.2 Å². The van der Waals surface area contributed by atoms with E-state index in [2.05, 4.69) is 6.92 Å². The van der Waals surface area contributed by atoms with Gasteiger partial charge in [0.1, 0.15) is 0 Å². The molecule has 2 aliphatic rings. The first kappa shape index (κ1) is 18.8. The van der Waals surface area contributed by atoms with Crippen molar-refractivity contribution >= 4 is 5.97 Å². The van der Waals surface area contributed by atoms with E-state index in [1.54, 1.807) is 0 Å². The van der Waals surface area contributed by atoms with E-state index in [1.807, 2.05) is 0 Å². The van der Waals surface area contributed by atoms with Gasteiger partial charge < -0.3 is 9.47 Å². The third-order valence-electron chi connectivity index (χ3n) is 5.51. The van der Waals surface area contributed by atoms with E-state index in [0.29, 0.717) is 13.2 Å². The second kappa shape index (κ2) is 10.3. The van der Waals surface area contributed by atoms with Gasteiger partial charge in [-0.2, -0.15) is 0 Å². The lowest BCUT2D eigenvalue weighted by Gasteiger charge is -2.19. The fourth-order valence-corrected chi connectivity index (χ4v) is 3.75. The van der Waals surface area contributed by atoms with Gasteiger partial charge in [0.15, 0.2) is 5.60 Å². The van der Waals surface area contributed by atoms with E-state index in [4.69, 9.17) is 9.47 Å². The summed E-state index contributed by atoms with van der Waals surface area (Å²) >= 11 is 0. The van der Waals surface area contributed by atoms with Crippen LogP contribution in [0.1, 0.15) is 96.8 Å². The molecular weight excluding hydrogens is 288 g/mol. The standard InChI is InChI=1S/C20H36O3/c1-2-3-16-22-19(21)20(17-23-20)15-11-14-18-12-9-7-5-4-6-8-10-13-18/h18H,2-17H2,1H3. The van der Waals surface area contributed by atoms with Crippen molar-refractivity contribution in [1.82, 2.24) is 0 Å². The van der Waals surface area contributed by atoms with Gasteiger partial charge in [0.25, 0.3) is 0 Å². The molecule has 1 aliphatic carbocycles. The first-order valence-corrected chi connectivity index (χ1v) is 10.1. The third-order valence-corrected chi connectivity index (χ3v) is 5.51. The van der Waals surface area contributed by atoms with Crippen LogP contribution in [0.3, 0.4) is 0 Å². The summed E-state index contributed by atoms with van der Waals surface area (Å²) in [5, 5.41) is 0. The Kier molecular flexibility index (Phi) is 8.43. The molecule has 1 heterocycles. The predicted molar refractivity (Wildman–Crippen MR) is 93.4 cm³/mol. The number of rotatable bonds is 8. The molecule has 0 bridgehead atoms. The SMILES string of the molecule is CCCCOC(=O)C1(CCCC2CCCCCCCCC2)CO1. The van der Waals surface area contributed by atoms with Gasteiger partial charge in [0.05, 0.1) is 13.2 Å². The van der Waals surface area contributed by atoms with Crippen LogP contribution in [0.2, 0.25) is 0 Å². The van der Waals surface area contributed by atoms with Gasteiger partial charge in [-0.3, -0.25) is 0 Å². The highest BCUT2D eigenvalue weighted by atomic mass is 16.6. The predicted octanol–water partition coefficient (Wildman–Crippen LogP) is 5.41. The topological polar surface area (TPSA) is 38.8 Å². The first-order valence-electron chi connectivity index (χ1n) is 10.1. The molecule has 0 aromatic heterocycles. The average molecular weight is 325 g/mol. The summed E-state index contributed by atoms with van der Waals surface area (Å²) in [6.07, 6.45) is 17.9. The smallest absolute Gasteiger partial charge is 0.340 e. The van der Waals surface area contributed by atoms with Gasteiger partial charge >= 0.3 is 5.97 Å². The summed E-state index contributed by atoms with van der Waals surface area (Å²) in [6.45, 7) is 3.22. The number of esters is 1. The Morgan fingerprint density at radius 2 is 1.65 bits per heavy atom. The molecule has 1 saturated carbocycles. The average Bonchev–Trinajstić information content (AvgIpc) is 3.35. The van der Waals surface area contributed by atoms with Crippen molar-refractivity contribution in [2.45, 2.75) is 102 Å². The Bertz CT molecular complexity index is 326. The quantitative estimate of drug-likeness (QED) is 0.340. The number of hydrogen-bond acceptors (Lipinski definition) is 3. The van der Waals surface area contributed by atoms with Crippen LogP contribution in [0.25, 0.3) is 0 Å². The number of epoxide rings is 1. The molecule has 0 aromatic rings. The zero-order chi connectivity index (χ0) is 16.4. The summed E-state index contributed by atoms with van der Waals surface area (Å²) in [5.41, 5.74) is -0.566. The molecule has 1 atom stereocenters. The fourth-order valence-electron chi connectivity index (χ4n) is 3.75. The molecule has 0 radical (unpaired) electrons. The Morgan fingerprint density at radius 1 is 1.04 bits per heavy atom. The minimum absolute atomic E-state index is 0.114. The van der Waals surface area contributed by atoms with Crippen molar-refractivity contribution in [2.75, 3.05) is 13.2 Å². The molecule has 0 aromatic carbocycles. The maximum absolute atomic E-state index is 12.1. The molecular formula is C20H36O3. The van der Waals surface area contributed by atoms with Crippen LogP contribution in [0.4, 0.5) is 0 Å². The molecule has 1 unspecified atom stereocenters. The molecule has 0 amide bonds. The Morgan fingerprint density at radius 3 is 2.22 bits per heavy atom. The number of carbonyl (C=O) groups is 1. The maximum atomic E-state index is 12.1. The van der Waals surface area contributed by atoms with E-state index in [0.717, 1.165) is 31.6 Å². The van der Waals surface area contributed by atoms with E-state index in [9.17, 15) is 4.79 Å².